The molecule has 0 aromatic heterocycles. The van der Waals surface area contributed by atoms with Crippen molar-refractivity contribution < 1.29 is 62.5 Å². The monoisotopic (exact) mass is 629 g/mol. The number of hydrogen-bond acceptors (Lipinski definition) is 14. The first-order valence-electron chi connectivity index (χ1n) is 14.7. The molecule has 4 aliphatic heterocycles. The van der Waals surface area contributed by atoms with Crippen molar-refractivity contribution in [2.75, 3.05) is 41.3 Å². The summed E-state index contributed by atoms with van der Waals surface area (Å²) in [5, 5.41) is 25.9. The Morgan fingerprint density at radius 2 is 1.62 bits per heavy atom. The Morgan fingerprint density at radius 1 is 0.911 bits per heavy atom. The van der Waals surface area contributed by atoms with E-state index in [1.165, 1.54) is 27.5 Å². The average molecular weight is 630 g/mol. The summed E-state index contributed by atoms with van der Waals surface area (Å²) < 4.78 is 52.4. The van der Waals surface area contributed by atoms with Gasteiger partial charge in [-0.1, -0.05) is 5.16 Å². The van der Waals surface area contributed by atoms with E-state index in [1.807, 2.05) is 24.3 Å². The van der Waals surface area contributed by atoms with Crippen LogP contribution in [0.5, 0.6) is 23.0 Å². The number of carbonyl (C=O) groups is 1. The zero-order valence-electron chi connectivity index (χ0n) is 25.1. The van der Waals surface area contributed by atoms with Crippen molar-refractivity contribution in [2.24, 2.45) is 17.0 Å². The van der Waals surface area contributed by atoms with Crippen molar-refractivity contribution in [3.63, 3.8) is 0 Å². The predicted octanol–water partition coefficient (Wildman–Crippen LogP) is 1.61. The Balaban J connectivity index is 1.32. The molecule has 2 N–H and O–H groups in total. The Morgan fingerprint density at radius 3 is 2.31 bits per heavy atom. The lowest BCUT2D eigenvalue weighted by atomic mass is 9.66. The minimum Gasteiger partial charge on any atom is -0.496 e. The number of aliphatic hydroxyl groups excluding tert-OH is 2. The second kappa shape index (κ2) is 11.9. The summed E-state index contributed by atoms with van der Waals surface area (Å²) >= 11 is 0. The van der Waals surface area contributed by atoms with E-state index in [1.54, 1.807) is 6.92 Å². The van der Waals surface area contributed by atoms with Crippen LogP contribution in [0, 0.1) is 11.8 Å². The number of nitrogens with zero attached hydrogens (tertiary/aromatic N) is 1. The second-order valence-electron chi connectivity index (χ2n) is 11.5. The van der Waals surface area contributed by atoms with Gasteiger partial charge in [-0.2, -0.15) is 0 Å². The predicted molar refractivity (Wildman–Crippen MR) is 151 cm³/mol. The van der Waals surface area contributed by atoms with Gasteiger partial charge in [0.05, 0.1) is 51.2 Å². The third-order valence-electron chi connectivity index (χ3n) is 9.10. The molecule has 7 unspecified atom stereocenters. The van der Waals surface area contributed by atoms with Crippen molar-refractivity contribution >= 4 is 12.2 Å². The van der Waals surface area contributed by atoms with Crippen LogP contribution in [-0.4, -0.2) is 101 Å². The van der Waals surface area contributed by atoms with E-state index < -0.39 is 66.8 Å². The van der Waals surface area contributed by atoms with E-state index in [0.717, 1.165) is 11.1 Å². The molecule has 3 saturated heterocycles. The molecule has 0 amide bonds. The lowest BCUT2D eigenvalue weighted by molar-refractivity contribution is -0.364. The second-order valence-corrected chi connectivity index (χ2v) is 11.5. The highest BCUT2D eigenvalue weighted by molar-refractivity contribution is 5.88. The number of cyclic esters (lactones) is 1. The molecule has 10 atom stereocenters. The first-order valence-corrected chi connectivity index (χ1v) is 14.7. The van der Waals surface area contributed by atoms with E-state index in [-0.39, 0.29) is 20.0 Å². The van der Waals surface area contributed by atoms with Gasteiger partial charge >= 0.3 is 5.97 Å². The minimum absolute atomic E-state index is 0.0383. The number of benzene rings is 2. The number of methoxy groups -OCH3 is 2. The molecule has 7 rings (SSSR count). The van der Waals surface area contributed by atoms with Gasteiger partial charge in [-0.05, 0) is 47.9 Å². The number of oxime groups is 1. The van der Waals surface area contributed by atoms with Crippen molar-refractivity contribution in [1.29, 1.82) is 0 Å². The van der Waals surface area contributed by atoms with Gasteiger partial charge in [0.15, 0.2) is 24.1 Å². The van der Waals surface area contributed by atoms with Gasteiger partial charge in [-0.3, -0.25) is 4.79 Å². The molecule has 45 heavy (non-hydrogen) atoms. The maximum absolute atomic E-state index is 13.5. The van der Waals surface area contributed by atoms with Crippen molar-refractivity contribution in [3.05, 3.63) is 46.5 Å². The lowest BCUT2D eigenvalue weighted by Gasteiger charge is -2.47. The van der Waals surface area contributed by atoms with Crippen LogP contribution in [0.4, 0.5) is 0 Å². The number of ether oxygens (including phenoxy) is 9. The molecule has 14 nitrogen and oxygen atoms in total. The molecule has 2 aromatic carbocycles. The number of carbonyl (C=O) groups excluding carboxylic acids is 1. The van der Waals surface area contributed by atoms with Gasteiger partial charge in [0.1, 0.15) is 43.0 Å². The van der Waals surface area contributed by atoms with Gasteiger partial charge in [0.25, 0.3) is 0 Å². The van der Waals surface area contributed by atoms with E-state index in [4.69, 9.17) is 47.5 Å². The molecule has 14 heteroatoms. The SMILES string of the molecule is CO/N=C/c1c(OC)cc(C2c3cc4c(cc3[C@@H](OC3OC5COC(C)OC5C(O)C3O)[C@H]3COC(=O)[C@H]23)OCO4)cc1OC. The van der Waals surface area contributed by atoms with E-state index >= 15 is 0 Å². The highest BCUT2D eigenvalue weighted by Crippen LogP contribution is 2.56. The quantitative estimate of drug-likeness (QED) is 0.258. The molecule has 3 fully saturated rings. The Bertz CT molecular complexity index is 1450. The summed E-state index contributed by atoms with van der Waals surface area (Å²) in [6.45, 7) is 1.96. The molecule has 0 saturated carbocycles. The van der Waals surface area contributed by atoms with Crippen LogP contribution in [0.3, 0.4) is 0 Å². The summed E-state index contributed by atoms with van der Waals surface area (Å²) in [6.07, 6.45) is -5.28. The first kappa shape index (κ1) is 30.0. The molecular weight excluding hydrogens is 594 g/mol. The molecule has 0 bridgehead atoms. The molecular formula is C31H35NO13. The number of rotatable bonds is 7. The van der Waals surface area contributed by atoms with Gasteiger partial charge < -0.3 is 57.7 Å². The number of hydrogen-bond donors (Lipinski definition) is 2. The Kier molecular flexibility index (Phi) is 7.96. The maximum atomic E-state index is 13.5. The Hall–Kier alpha value is -3.66. The highest BCUT2D eigenvalue weighted by Gasteiger charge is 2.56. The lowest BCUT2D eigenvalue weighted by Crippen LogP contribution is -2.63. The van der Waals surface area contributed by atoms with Crippen LogP contribution in [-0.2, 0) is 33.3 Å². The summed E-state index contributed by atoms with van der Waals surface area (Å²) in [7, 11) is 4.50. The molecule has 242 valence electrons. The fraction of sp³-hybridized carbons (Fsp3) is 0.548. The van der Waals surface area contributed by atoms with Crippen LogP contribution in [0.1, 0.15) is 41.2 Å². The number of aliphatic hydroxyl groups is 2. The summed E-state index contributed by atoms with van der Waals surface area (Å²) in [4.78, 5) is 18.4. The van der Waals surface area contributed by atoms with Gasteiger partial charge in [-0.15, -0.1) is 0 Å². The van der Waals surface area contributed by atoms with Crippen LogP contribution < -0.4 is 18.9 Å². The first-order chi connectivity index (χ1) is 21.8. The number of fused-ring (bicyclic) bond motifs is 4. The fourth-order valence-electron chi connectivity index (χ4n) is 7.01. The zero-order chi connectivity index (χ0) is 31.4. The molecule has 1 aliphatic carbocycles. The molecule has 5 aliphatic rings. The standard InChI is InChI=1S/C31H35NO13/c1-13-39-11-23-29(43-13)26(33)27(34)31(44-23)45-28-16-8-22-21(41-12-42-22)7-15(16)24(25-18(28)10-40-30(25)35)14-5-19(36-2)17(9-32-38-4)20(6-14)37-3/h5-9,13,18,23-29,31,33-34H,10-12H2,1-4H3/b32-9+/t13?,18-,23?,24?,25-,26?,27?,28+,29?,31?/m0/s1. The summed E-state index contributed by atoms with van der Waals surface area (Å²) in [5.41, 5.74) is 2.71. The maximum Gasteiger partial charge on any atom is 0.310 e. The van der Waals surface area contributed by atoms with Gasteiger partial charge in [-0.25, -0.2) is 0 Å². The molecule has 2 aromatic rings. The van der Waals surface area contributed by atoms with Crippen molar-refractivity contribution in [1.82, 2.24) is 0 Å². The topological polar surface area (TPSA) is 162 Å². The zero-order valence-corrected chi connectivity index (χ0v) is 25.1. The fourth-order valence-corrected chi connectivity index (χ4v) is 7.01. The van der Waals surface area contributed by atoms with Crippen LogP contribution >= 0.6 is 0 Å². The molecule has 4 heterocycles. The molecule has 0 radical (unpaired) electrons. The third-order valence-corrected chi connectivity index (χ3v) is 9.10. The summed E-state index contributed by atoms with van der Waals surface area (Å²) in [6, 6.07) is 7.33. The van der Waals surface area contributed by atoms with Gasteiger partial charge in [0.2, 0.25) is 6.79 Å². The summed E-state index contributed by atoms with van der Waals surface area (Å²) in [5.74, 6) is -0.174. The minimum atomic E-state index is -1.43. The molecule has 0 spiro atoms. The van der Waals surface area contributed by atoms with Gasteiger partial charge in [0, 0.05) is 11.8 Å². The average Bonchev–Trinajstić information content (AvgIpc) is 3.67. The largest absolute Gasteiger partial charge is 0.496 e. The van der Waals surface area contributed by atoms with Crippen molar-refractivity contribution in [2.45, 2.75) is 55.9 Å². The van der Waals surface area contributed by atoms with E-state index in [0.29, 0.717) is 34.1 Å². The van der Waals surface area contributed by atoms with E-state index in [2.05, 4.69) is 5.16 Å². The van der Waals surface area contributed by atoms with E-state index in [9.17, 15) is 15.0 Å². The smallest absolute Gasteiger partial charge is 0.310 e. The van der Waals surface area contributed by atoms with Crippen LogP contribution in [0.2, 0.25) is 0 Å². The third kappa shape index (κ3) is 5.05. The normalized spacial score (nSPS) is 34.9. The van der Waals surface area contributed by atoms with Crippen LogP contribution in [0.25, 0.3) is 0 Å². The highest BCUT2D eigenvalue weighted by atomic mass is 16.8. The van der Waals surface area contributed by atoms with Crippen molar-refractivity contribution in [3.8, 4) is 23.0 Å². The Labute approximate surface area is 258 Å². The van der Waals surface area contributed by atoms with Crippen LogP contribution in [0.15, 0.2) is 29.4 Å². The number of esters is 1.